The van der Waals surface area contributed by atoms with E-state index < -0.39 is 0 Å². The normalized spacial score (nSPS) is 10.7. The molecule has 1 aromatic heterocycles. The summed E-state index contributed by atoms with van der Waals surface area (Å²) in [5.41, 5.74) is 4.27. The number of aromatic nitrogens is 2. The minimum atomic E-state index is -0.276. The summed E-state index contributed by atoms with van der Waals surface area (Å²) in [6, 6.07) is 26.9. The van der Waals surface area contributed by atoms with Gasteiger partial charge in [0, 0.05) is 12.1 Å². The molecule has 0 atom stereocenters. The van der Waals surface area contributed by atoms with Crippen LogP contribution >= 0.6 is 0 Å². The number of hydrogen-bond donors (Lipinski definition) is 1. The third-order valence-electron chi connectivity index (χ3n) is 6.08. The van der Waals surface area contributed by atoms with Gasteiger partial charge in [0.25, 0.3) is 0 Å². The quantitative estimate of drug-likeness (QED) is 0.324. The summed E-state index contributed by atoms with van der Waals surface area (Å²) in [7, 11) is 1.62. The molecular formula is C30H32N4O3. The predicted octanol–water partition coefficient (Wildman–Crippen LogP) is 5.28. The first-order chi connectivity index (χ1) is 18.0. The molecule has 0 aliphatic carbocycles. The number of nitrogens with zero attached hydrogens (tertiary/aromatic N) is 3. The number of hydrogen-bond acceptors (Lipinski definition) is 4. The molecule has 190 valence electrons. The predicted molar refractivity (Wildman–Crippen MR) is 146 cm³/mol. The molecule has 0 aliphatic rings. The fourth-order valence-corrected chi connectivity index (χ4v) is 4.29. The Morgan fingerprint density at radius 2 is 1.59 bits per heavy atom. The highest BCUT2D eigenvalue weighted by atomic mass is 16.5. The van der Waals surface area contributed by atoms with Crippen LogP contribution in [0, 0.1) is 6.92 Å². The second-order valence-electron chi connectivity index (χ2n) is 8.81. The van der Waals surface area contributed by atoms with Crippen molar-refractivity contribution in [2.75, 3.05) is 25.5 Å². The number of methoxy groups -OCH3 is 1. The van der Waals surface area contributed by atoms with Crippen molar-refractivity contribution in [2.45, 2.75) is 26.7 Å². The second-order valence-corrected chi connectivity index (χ2v) is 8.81. The maximum atomic E-state index is 13.4. The van der Waals surface area contributed by atoms with Crippen LogP contribution in [0.15, 0.2) is 84.9 Å². The third kappa shape index (κ3) is 6.25. The van der Waals surface area contributed by atoms with Crippen molar-refractivity contribution in [3.63, 3.8) is 0 Å². The Kier molecular flexibility index (Phi) is 8.36. The number of carbonyl (C=O) groups excluding carboxylic acids is 2. The van der Waals surface area contributed by atoms with Crippen LogP contribution < -0.4 is 10.1 Å². The van der Waals surface area contributed by atoms with Gasteiger partial charge in [-0.3, -0.25) is 9.59 Å². The molecular weight excluding hydrogens is 464 g/mol. The summed E-state index contributed by atoms with van der Waals surface area (Å²) in [5, 5.41) is 7.82. The van der Waals surface area contributed by atoms with Gasteiger partial charge in [-0.1, -0.05) is 67.6 Å². The van der Waals surface area contributed by atoms with Crippen molar-refractivity contribution in [3.8, 4) is 22.6 Å². The van der Waals surface area contributed by atoms with Gasteiger partial charge in [-0.15, -0.1) is 0 Å². The monoisotopic (exact) mass is 496 g/mol. The maximum absolute atomic E-state index is 13.4. The lowest BCUT2D eigenvalue weighted by Gasteiger charge is -2.22. The topological polar surface area (TPSA) is 76.5 Å². The number of rotatable bonds is 10. The molecule has 37 heavy (non-hydrogen) atoms. The molecule has 0 aliphatic heterocycles. The van der Waals surface area contributed by atoms with Crippen molar-refractivity contribution >= 4 is 17.6 Å². The first kappa shape index (κ1) is 25.7. The average molecular weight is 497 g/mol. The van der Waals surface area contributed by atoms with Crippen LogP contribution in [0.3, 0.4) is 0 Å². The largest absolute Gasteiger partial charge is 0.497 e. The van der Waals surface area contributed by atoms with E-state index in [-0.39, 0.29) is 24.8 Å². The molecule has 4 rings (SSSR count). The van der Waals surface area contributed by atoms with E-state index in [0.717, 1.165) is 40.2 Å². The molecule has 0 saturated heterocycles. The molecule has 0 saturated carbocycles. The van der Waals surface area contributed by atoms with E-state index in [1.54, 1.807) is 16.7 Å². The number of aryl methyl sites for hydroxylation is 1. The van der Waals surface area contributed by atoms with Crippen LogP contribution in [-0.4, -0.2) is 46.7 Å². The van der Waals surface area contributed by atoms with E-state index in [4.69, 9.17) is 9.84 Å². The van der Waals surface area contributed by atoms with Gasteiger partial charge < -0.3 is 15.0 Å². The number of benzene rings is 3. The zero-order chi connectivity index (χ0) is 26.2. The van der Waals surface area contributed by atoms with Crippen LogP contribution in [0.1, 0.15) is 24.6 Å². The molecule has 1 N–H and O–H groups in total. The summed E-state index contributed by atoms with van der Waals surface area (Å²) < 4.78 is 7.02. The standard InChI is InChI=1S/C30H32N4O3/c1-4-19-33(28(36)20-23-11-7-5-8-12-23)21-27(35)31-30-29(24-13-9-6-10-14-24)22(2)32-34(30)25-15-17-26(37-3)18-16-25/h5-18H,4,19-21H2,1-3H3,(H,31,35). The Hall–Kier alpha value is -4.39. The first-order valence-corrected chi connectivity index (χ1v) is 12.4. The molecule has 7 nitrogen and oxygen atoms in total. The summed E-state index contributed by atoms with van der Waals surface area (Å²) in [6.07, 6.45) is 1.01. The molecule has 4 aromatic rings. The number of ether oxygens (including phenoxy) is 1. The highest BCUT2D eigenvalue weighted by molar-refractivity contribution is 5.98. The summed E-state index contributed by atoms with van der Waals surface area (Å²) in [6.45, 7) is 4.38. The molecule has 0 fully saturated rings. The highest BCUT2D eigenvalue weighted by Gasteiger charge is 2.22. The zero-order valence-corrected chi connectivity index (χ0v) is 21.5. The lowest BCUT2D eigenvalue weighted by atomic mass is 10.1. The molecule has 2 amide bonds. The molecule has 7 heteroatoms. The fourth-order valence-electron chi connectivity index (χ4n) is 4.29. The lowest BCUT2D eigenvalue weighted by molar-refractivity contribution is -0.134. The van der Waals surface area contributed by atoms with Gasteiger partial charge >= 0.3 is 0 Å². The van der Waals surface area contributed by atoms with Crippen molar-refractivity contribution < 1.29 is 14.3 Å². The minimum absolute atomic E-state index is 0.0411. The highest BCUT2D eigenvalue weighted by Crippen LogP contribution is 2.33. The average Bonchev–Trinajstić information content (AvgIpc) is 3.24. The Labute approximate surface area is 217 Å². The number of nitrogens with one attached hydrogen (secondary N) is 1. The zero-order valence-electron chi connectivity index (χ0n) is 21.5. The Bertz CT molecular complexity index is 1330. The Morgan fingerprint density at radius 1 is 0.946 bits per heavy atom. The van der Waals surface area contributed by atoms with Gasteiger partial charge in [0.15, 0.2) is 0 Å². The maximum Gasteiger partial charge on any atom is 0.245 e. The van der Waals surface area contributed by atoms with Gasteiger partial charge in [-0.05, 0) is 48.7 Å². The summed E-state index contributed by atoms with van der Waals surface area (Å²) >= 11 is 0. The van der Waals surface area contributed by atoms with E-state index in [1.165, 1.54) is 0 Å². The Balaban J connectivity index is 1.63. The smallest absolute Gasteiger partial charge is 0.245 e. The molecule has 1 heterocycles. The molecule has 0 bridgehead atoms. The van der Waals surface area contributed by atoms with Gasteiger partial charge in [-0.25, -0.2) is 4.68 Å². The van der Waals surface area contributed by atoms with E-state index in [2.05, 4.69) is 5.32 Å². The van der Waals surface area contributed by atoms with E-state index in [1.807, 2.05) is 98.8 Å². The second kappa shape index (κ2) is 12.0. The lowest BCUT2D eigenvalue weighted by Crippen LogP contribution is -2.39. The van der Waals surface area contributed by atoms with Crippen molar-refractivity contribution in [3.05, 3.63) is 96.2 Å². The van der Waals surface area contributed by atoms with E-state index >= 15 is 0 Å². The number of carbonyl (C=O) groups is 2. The third-order valence-corrected chi connectivity index (χ3v) is 6.08. The van der Waals surface area contributed by atoms with Gasteiger partial charge in [0.2, 0.25) is 11.8 Å². The minimum Gasteiger partial charge on any atom is -0.497 e. The van der Waals surface area contributed by atoms with Gasteiger partial charge in [-0.2, -0.15) is 5.10 Å². The number of anilines is 1. The fraction of sp³-hybridized carbons (Fsp3) is 0.233. The Morgan fingerprint density at radius 3 is 2.22 bits per heavy atom. The van der Waals surface area contributed by atoms with Crippen LogP contribution in [0.4, 0.5) is 5.82 Å². The van der Waals surface area contributed by atoms with Crippen molar-refractivity contribution in [2.24, 2.45) is 0 Å². The van der Waals surface area contributed by atoms with Crippen LogP contribution in [0.2, 0.25) is 0 Å². The first-order valence-electron chi connectivity index (χ1n) is 12.4. The summed E-state index contributed by atoms with van der Waals surface area (Å²) in [4.78, 5) is 28.0. The van der Waals surface area contributed by atoms with E-state index in [0.29, 0.717) is 12.4 Å². The van der Waals surface area contributed by atoms with Crippen molar-refractivity contribution in [1.29, 1.82) is 0 Å². The van der Waals surface area contributed by atoms with E-state index in [9.17, 15) is 9.59 Å². The van der Waals surface area contributed by atoms with Crippen LogP contribution in [-0.2, 0) is 16.0 Å². The van der Waals surface area contributed by atoms with Crippen LogP contribution in [0.5, 0.6) is 5.75 Å². The summed E-state index contributed by atoms with van der Waals surface area (Å²) in [5.74, 6) is 0.937. The molecule has 0 radical (unpaired) electrons. The van der Waals surface area contributed by atoms with Gasteiger partial charge in [0.05, 0.1) is 31.5 Å². The van der Waals surface area contributed by atoms with Crippen molar-refractivity contribution in [1.82, 2.24) is 14.7 Å². The molecule has 3 aromatic carbocycles. The number of amides is 2. The molecule has 0 spiro atoms. The molecule has 0 unspecified atom stereocenters. The van der Waals surface area contributed by atoms with Crippen LogP contribution in [0.25, 0.3) is 16.8 Å². The van der Waals surface area contributed by atoms with Gasteiger partial charge in [0.1, 0.15) is 11.6 Å². The SMILES string of the molecule is CCCN(CC(=O)Nc1c(-c2ccccc2)c(C)nn1-c1ccc(OC)cc1)C(=O)Cc1ccccc1.